The number of benzene rings is 1. The van der Waals surface area contributed by atoms with Crippen LogP contribution in [0.1, 0.15) is 18.1 Å². The van der Waals surface area contributed by atoms with Gasteiger partial charge in [-0.05, 0) is 36.6 Å². The van der Waals surface area contributed by atoms with Crippen LogP contribution in [0.25, 0.3) is 0 Å². The molecular weight excluding hydrogens is 228 g/mol. The predicted molar refractivity (Wildman–Crippen MR) is 74.0 cm³/mol. The minimum absolute atomic E-state index is 0.293. The Morgan fingerprint density at radius 1 is 1.44 bits per heavy atom. The molecule has 0 heterocycles. The SMILES string of the molecule is CCc1ccc(OC)c(CCNCC(O)CN)c1. The molecule has 0 spiro atoms. The summed E-state index contributed by atoms with van der Waals surface area (Å²) in [4.78, 5) is 0. The third kappa shape index (κ3) is 4.64. The molecule has 1 rings (SSSR count). The Kier molecular flexibility index (Phi) is 6.72. The van der Waals surface area contributed by atoms with Crippen molar-refractivity contribution in [3.05, 3.63) is 29.3 Å². The topological polar surface area (TPSA) is 67.5 Å². The quantitative estimate of drug-likeness (QED) is 0.596. The maximum absolute atomic E-state index is 9.33. The standard InChI is InChI=1S/C14H24N2O2/c1-3-11-4-5-14(18-2)12(8-11)6-7-16-10-13(17)9-15/h4-5,8,13,16-17H,3,6-7,9-10,15H2,1-2H3. The Labute approximate surface area is 109 Å². The van der Waals surface area contributed by atoms with Crippen molar-refractivity contribution in [2.75, 3.05) is 26.7 Å². The summed E-state index contributed by atoms with van der Waals surface area (Å²) < 4.78 is 5.35. The van der Waals surface area contributed by atoms with E-state index < -0.39 is 6.10 Å². The first-order chi connectivity index (χ1) is 8.71. The third-order valence-electron chi connectivity index (χ3n) is 2.98. The van der Waals surface area contributed by atoms with Gasteiger partial charge in [0, 0.05) is 13.1 Å². The maximum atomic E-state index is 9.33. The van der Waals surface area contributed by atoms with Crippen molar-refractivity contribution in [2.24, 2.45) is 5.73 Å². The third-order valence-corrected chi connectivity index (χ3v) is 2.98. The minimum atomic E-state index is -0.464. The zero-order valence-electron chi connectivity index (χ0n) is 11.3. The van der Waals surface area contributed by atoms with E-state index in [1.165, 1.54) is 11.1 Å². The molecule has 1 aromatic carbocycles. The van der Waals surface area contributed by atoms with Crippen LogP contribution in [0.4, 0.5) is 0 Å². The molecule has 1 atom stereocenters. The number of rotatable bonds is 8. The highest BCUT2D eigenvalue weighted by atomic mass is 16.5. The van der Waals surface area contributed by atoms with Crippen LogP contribution in [0.2, 0.25) is 0 Å². The molecular formula is C14H24N2O2. The van der Waals surface area contributed by atoms with Gasteiger partial charge in [0.2, 0.25) is 0 Å². The fourth-order valence-electron chi connectivity index (χ4n) is 1.82. The molecule has 1 aromatic rings. The van der Waals surface area contributed by atoms with Crippen molar-refractivity contribution in [1.29, 1.82) is 0 Å². The number of hydrogen-bond acceptors (Lipinski definition) is 4. The fourth-order valence-corrected chi connectivity index (χ4v) is 1.82. The zero-order valence-corrected chi connectivity index (χ0v) is 11.3. The number of nitrogens with two attached hydrogens (primary N) is 1. The van der Waals surface area contributed by atoms with Gasteiger partial charge in [-0.3, -0.25) is 0 Å². The van der Waals surface area contributed by atoms with E-state index >= 15 is 0 Å². The fraction of sp³-hybridized carbons (Fsp3) is 0.571. The number of aliphatic hydroxyl groups excluding tert-OH is 1. The molecule has 0 fully saturated rings. The maximum Gasteiger partial charge on any atom is 0.122 e. The first-order valence-corrected chi connectivity index (χ1v) is 6.45. The Balaban J connectivity index is 2.49. The second-order valence-electron chi connectivity index (χ2n) is 4.34. The molecule has 0 amide bonds. The van der Waals surface area contributed by atoms with Gasteiger partial charge in [-0.25, -0.2) is 0 Å². The van der Waals surface area contributed by atoms with Crippen LogP contribution in [0, 0.1) is 0 Å². The number of aryl methyl sites for hydroxylation is 1. The summed E-state index contributed by atoms with van der Waals surface area (Å²) in [6, 6.07) is 6.29. The van der Waals surface area contributed by atoms with Gasteiger partial charge in [0.05, 0.1) is 13.2 Å². The highest BCUT2D eigenvalue weighted by molar-refractivity contribution is 5.37. The van der Waals surface area contributed by atoms with E-state index in [1.54, 1.807) is 7.11 Å². The average molecular weight is 252 g/mol. The number of ether oxygens (including phenoxy) is 1. The van der Waals surface area contributed by atoms with Crippen molar-refractivity contribution >= 4 is 0 Å². The van der Waals surface area contributed by atoms with Gasteiger partial charge in [0.25, 0.3) is 0 Å². The Hall–Kier alpha value is -1.10. The number of methoxy groups -OCH3 is 1. The second-order valence-corrected chi connectivity index (χ2v) is 4.34. The molecule has 0 aliphatic heterocycles. The van der Waals surface area contributed by atoms with Crippen molar-refractivity contribution < 1.29 is 9.84 Å². The molecule has 4 nitrogen and oxygen atoms in total. The van der Waals surface area contributed by atoms with Crippen molar-refractivity contribution in [3.8, 4) is 5.75 Å². The van der Waals surface area contributed by atoms with Crippen LogP contribution in [0.15, 0.2) is 18.2 Å². The molecule has 0 aliphatic carbocycles. The van der Waals surface area contributed by atoms with Gasteiger partial charge < -0.3 is 20.9 Å². The molecule has 18 heavy (non-hydrogen) atoms. The lowest BCUT2D eigenvalue weighted by Crippen LogP contribution is -2.33. The molecule has 0 saturated heterocycles. The van der Waals surface area contributed by atoms with Crippen molar-refractivity contribution in [2.45, 2.75) is 25.9 Å². The van der Waals surface area contributed by atoms with Crippen LogP contribution >= 0.6 is 0 Å². The smallest absolute Gasteiger partial charge is 0.122 e. The lowest BCUT2D eigenvalue weighted by molar-refractivity contribution is 0.180. The van der Waals surface area contributed by atoms with Gasteiger partial charge >= 0.3 is 0 Å². The lowest BCUT2D eigenvalue weighted by atomic mass is 10.1. The lowest BCUT2D eigenvalue weighted by Gasteiger charge is -2.12. The summed E-state index contributed by atoms with van der Waals surface area (Å²) in [5.74, 6) is 0.924. The molecule has 0 aromatic heterocycles. The number of aliphatic hydroxyl groups is 1. The summed E-state index contributed by atoms with van der Waals surface area (Å²) >= 11 is 0. The van der Waals surface area contributed by atoms with Gasteiger partial charge in [0.1, 0.15) is 5.75 Å². The van der Waals surface area contributed by atoms with Gasteiger partial charge in [-0.2, -0.15) is 0 Å². The number of nitrogens with one attached hydrogen (secondary N) is 1. The monoisotopic (exact) mass is 252 g/mol. The van der Waals surface area contributed by atoms with Gasteiger partial charge in [0.15, 0.2) is 0 Å². The van der Waals surface area contributed by atoms with E-state index in [9.17, 15) is 5.11 Å². The average Bonchev–Trinajstić information content (AvgIpc) is 2.42. The second kappa shape index (κ2) is 8.08. The molecule has 1 unspecified atom stereocenters. The normalized spacial score (nSPS) is 12.4. The van der Waals surface area contributed by atoms with Crippen LogP contribution in [0.5, 0.6) is 5.75 Å². The molecule has 102 valence electrons. The summed E-state index contributed by atoms with van der Waals surface area (Å²) in [5, 5.41) is 12.5. The Morgan fingerprint density at radius 2 is 2.22 bits per heavy atom. The van der Waals surface area contributed by atoms with E-state index in [-0.39, 0.29) is 0 Å². The van der Waals surface area contributed by atoms with E-state index in [0.29, 0.717) is 13.1 Å². The highest BCUT2D eigenvalue weighted by Crippen LogP contribution is 2.20. The van der Waals surface area contributed by atoms with Gasteiger partial charge in [-0.15, -0.1) is 0 Å². The molecule has 0 aliphatic rings. The molecule has 4 N–H and O–H groups in total. The van der Waals surface area contributed by atoms with E-state index in [1.807, 2.05) is 6.07 Å². The number of hydrogen-bond donors (Lipinski definition) is 3. The van der Waals surface area contributed by atoms with E-state index in [2.05, 4.69) is 24.4 Å². The van der Waals surface area contributed by atoms with Crippen LogP contribution in [-0.2, 0) is 12.8 Å². The van der Waals surface area contributed by atoms with E-state index in [0.717, 1.165) is 25.1 Å². The minimum Gasteiger partial charge on any atom is -0.496 e. The first-order valence-electron chi connectivity index (χ1n) is 6.45. The summed E-state index contributed by atoms with van der Waals surface area (Å²) in [6.45, 7) is 3.77. The Bertz CT molecular complexity index is 356. The van der Waals surface area contributed by atoms with Crippen molar-refractivity contribution in [3.63, 3.8) is 0 Å². The first kappa shape index (κ1) is 15.0. The zero-order chi connectivity index (χ0) is 13.4. The molecule has 0 bridgehead atoms. The van der Waals surface area contributed by atoms with Crippen LogP contribution < -0.4 is 15.8 Å². The highest BCUT2D eigenvalue weighted by Gasteiger charge is 2.05. The molecule has 4 heteroatoms. The Morgan fingerprint density at radius 3 is 2.83 bits per heavy atom. The molecule has 0 radical (unpaired) electrons. The van der Waals surface area contributed by atoms with Crippen LogP contribution in [-0.4, -0.2) is 38.0 Å². The molecule has 0 saturated carbocycles. The summed E-state index contributed by atoms with van der Waals surface area (Å²) in [6.07, 6.45) is 1.44. The van der Waals surface area contributed by atoms with Crippen molar-refractivity contribution in [1.82, 2.24) is 5.32 Å². The summed E-state index contributed by atoms with van der Waals surface area (Å²) in [5.41, 5.74) is 7.85. The summed E-state index contributed by atoms with van der Waals surface area (Å²) in [7, 11) is 1.69. The predicted octanol–water partition coefficient (Wildman–Crippen LogP) is 0.709. The van der Waals surface area contributed by atoms with Crippen LogP contribution in [0.3, 0.4) is 0 Å². The van der Waals surface area contributed by atoms with E-state index in [4.69, 9.17) is 10.5 Å². The largest absolute Gasteiger partial charge is 0.496 e. The van der Waals surface area contributed by atoms with Gasteiger partial charge in [-0.1, -0.05) is 19.1 Å².